The fourth-order valence-electron chi connectivity index (χ4n) is 2.58. The molecule has 1 aromatic carbocycles. The number of hydrogen-bond donors (Lipinski definition) is 3. The second-order valence-corrected chi connectivity index (χ2v) is 5.01. The molecule has 0 aliphatic heterocycles. The van der Waals surface area contributed by atoms with Crippen molar-refractivity contribution < 1.29 is 9.53 Å². The third kappa shape index (κ3) is 2.17. The Morgan fingerprint density at radius 2 is 2.35 bits per heavy atom. The highest BCUT2D eigenvalue weighted by Gasteiger charge is 2.40. The number of hydrogen-bond acceptors (Lipinski definition) is 4. The normalized spacial score (nSPS) is 25.4. The van der Waals surface area contributed by atoms with E-state index >= 15 is 0 Å². The van der Waals surface area contributed by atoms with Crippen LogP contribution in [0, 0.1) is 0 Å². The topological polar surface area (TPSA) is 93.0 Å². The molecule has 4 N–H and O–H groups in total. The number of ether oxygens (including phenoxy) is 1. The van der Waals surface area contributed by atoms with E-state index in [-0.39, 0.29) is 24.1 Å². The first-order valence-corrected chi connectivity index (χ1v) is 6.82. The summed E-state index contributed by atoms with van der Waals surface area (Å²) in [5, 5.41) is 10.7. The highest BCUT2D eigenvalue weighted by Crippen LogP contribution is 2.23. The van der Waals surface area contributed by atoms with Crippen LogP contribution in [0.25, 0.3) is 10.9 Å². The molecular weight excluding hydrogens is 256 g/mol. The third-order valence-electron chi connectivity index (χ3n) is 3.73. The number of para-hydroxylation sites is 1. The molecule has 6 heteroatoms. The zero-order valence-corrected chi connectivity index (χ0v) is 11.3. The summed E-state index contributed by atoms with van der Waals surface area (Å²) in [5.74, 6) is -0.215. The number of fused-ring (bicyclic) bond motifs is 1. The Labute approximate surface area is 116 Å². The van der Waals surface area contributed by atoms with Crippen molar-refractivity contribution in [1.82, 2.24) is 15.5 Å². The van der Waals surface area contributed by atoms with Gasteiger partial charge in [-0.15, -0.1) is 0 Å². The lowest BCUT2D eigenvalue weighted by Gasteiger charge is -2.42. The lowest BCUT2D eigenvalue weighted by Crippen LogP contribution is -2.64. The summed E-state index contributed by atoms with van der Waals surface area (Å²) < 4.78 is 5.54. The minimum atomic E-state index is -0.215. The van der Waals surface area contributed by atoms with Crippen molar-refractivity contribution in [3.05, 3.63) is 30.0 Å². The molecule has 1 amide bonds. The number of carbonyl (C=O) groups is 1. The van der Waals surface area contributed by atoms with Crippen molar-refractivity contribution in [3.8, 4) is 0 Å². The van der Waals surface area contributed by atoms with E-state index in [9.17, 15) is 4.79 Å². The van der Waals surface area contributed by atoms with Crippen LogP contribution in [0.1, 0.15) is 23.8 Å². The van der Waals surface area contributed by atoms with Gasteiger partial charge in [0.2, 0.25) is 0 Å². The molecule has 1 aromatic heterocycles. The van der Waals surface area contributed by atoms with Gasteiger partial charge < -0.3 is 15.8 Å². The molecule has 1 saturated carbocycles. The van der Waals surface area contributed by atoms with E-state index in [1.807, 2.05) is 31.2 Å². The Kier molecular flexibility index (Phi) is 3.42. The van der Waals surface area contributed by atoms with Crippen LogP contribution < -0.4 is 11.1 Å². The average molecular weight is 274 g/mol. The number of carbonyl (C=O) groups excluding carboxylic acids is 1. The number of nitrogens with one attached hydrogen (secondary N) is 2. The van der Waals surface area contributed by atoms with Gasteiger partial charge in [0.05, 0.1) is 17.7 Å². The van der Waals surface area contributed by atoms with Crippen molar-refractivity contribution in [3.63, 3.8) is 0 Å². The molecule has 20 heavy (non-hydrogen) atoms. The Balaban J connectivity index is 1.76. The van der Waals surface area contributed by atoms with Crippen molar-refractivity contribution in [2.45, 2.75) is 31.5 Å². The maximum atomic E-state index is 12.3. The zero-order valence-electron chi connectivity index (χ0n) is 11.3. The number of nitrogens with zero attached hydrogens (tertiary/aromatic N) is 1. The molecule has 1 aliphatic carbocycles. The lowest BCUT2D eigenvalue weighted by atomic mass is 9.83. The second kappa shape index (κ2) is 5.22. The molecule has 0 saturated heterocycles. The number of rotatable bonds is 4. The monoisotopic (exact) mass is 274 g/mol. The SMILES string of the molecule is CCOC1CC(N)C1NC(=O)c1n[nH]c2ccccc12. The van der Waals surface area contributed by atoms with E-state index in [0.717, 1.165) is 17.3 Å². The molecule has 1 fully saturated rings. The van der Waals surface area contributed by atoms with Gasteiger partial charge in [0, 0.05) is 18.0 Å². The van der Waals surface area contributed by atoms with Gasteiger partial charge in [0.25, 0.3) is 5.91 Å². The smallest absolute Gasteiger partial charge is 0.272 e. The predicted molar refractivity (Wildman–Crippen MR) is 75.4 cm³/mol. The van der Waals surface area contributed by atoms with E-state index in [1.165, 1.54) is 0 Å². The van der Waals surface area contributed by atoms with E-state index < -0.39 is 0 Å². The number of aromatic nitrogens is 2. The number of H-pyrrole nitrogens is 1. The van der Waals surface area contributed by atoms with Crippen LogP contribution in [0.2, 0.25) is 0 Å². The molecular formula is C14H18N4O2. The van der Waals surface area contributed by atoms with Gasteiger partial charge in [-0.05, 0) is 19.4 Å². The summed E-state index contributed by atoms with van der Waals surface area (Å²) in [6.07, 6.45) is 0.782. The summed E-state index contributed by atoms with van der Waals surface area (Å²) in [6, 6.07) is 7.34. The molecule has 0 bridgehead atoms. The number of nitrogens with two attached hydrogens (primary N) is 1. The van der Waals surface area contributed by atoms with Crippen molar-refractivity contribution in [2.24, 2.45) is 5.73 Å². The molecule has 2 aromatic rings. The summed E-state index contributed by atoms with van der Waals surface area (Å²) in [4.78, 5) is 12.3. The van der Waals surface area contributed by atoms with Gasteiger partial charge in [0.15, 0.2) is 5.69 Å². The van der Waals surface area contributed by atoms with Gasteiger partial charge in [-0.2, -0.15) is 5.10 Å². The summed E-state index contributed by atoms with van der Waals surface area (Å²) in [6.45, 7) is 2.55. The van der Waals surface area contributed by atoms with Crippen molar-refractivity contribution >= 4 is 16.8 Å². The van der Waals surface area contributed by atoms with Gasteiger partial charge in [0.1, 0.15) is 0 Å². The predicted octanol–water partition coefficient (Wildman–Crippen LogP) is 0.797. The number of benzene rings is 1. The highest BCUT2D eigenvalue weighted by atomic mass is 16.5. The molecule has 1 heterocycles. The fraction of sp³-hybridized carbons (Fsp3) is 0.429. The Morgan fingerprint density at radius 1 is 1.55 bits per heavy atom. The van der Waals surface area contributed by atoms with Crippen molar-refractivity contribution in [2.75, 3.05) is 6.61 Å². The van der Waals surface area contributed by atoms with Crippen LogP contribution >= 0.6 is 0 Å². The quantitative estimate of drug-likeness (QED) is 0.768. The van der Waals surface area contributed by atoms with Crippen LogP contribution in [-0.2, 0) is 4.74 Å². The standard InChI is InChI=1S/C14H18N4O2/c1-2-20-11-7-9(15)13(11)16-14(19)12-8-5-3-4-6-10(8)17-18-12/h3-6,9,11,13H,2,7,15H2,1H3,(H,16,19)(H,17,18). The first-order chi connectivity index (χ1) is 9.70. The first-order valence-electron chi connectivity index (χ1n) is 6.82. The minimum absolute atomic E-state index is 0.00385. The summed E-state index contributed by atoms with van der Waals surface area (Å²) >= 11 is 0. The first kappa shape index (κ1) is 13.1. The lowest BCUT2D eigenvalue weighted by molar-refractivity contribution is -0.0300. The highest BCUT2D eigenvalue weighted by molar-refractivity contribution is 6.04. The average Bonchev–Trinajstić information content (AvgIpc) is 2.88. The zero-order chi connectivity index (χ0) is 14.1. The van der Waals surface area contributed by atoms with Gasteiger partial charge in [-0.1, -0.05) is 18.2 Å². The maximum Gasteiger partial charge on any atom is 0.272 e. The van der Waals surface area contributed by atoms with Gasteiger partial charge in [-0.3, -0.25) is 9.89 Å². The largest absolute Gasteiger partial charge is 0.376 e. The summed E-state index contributed by atoms with van der Waals surface area (Å²) in [7, 11) is 0. The molecule has 106 valence electrons. The van der Waals surface area contributed by atoms with Crippen LogP contribution in [0.3, 0.4) is 0 Å². The molecule has 6 nitrogen and oxygen atoms in total. The van der Waals surface area contributed by atoms with Gasteiger partial charge >= 0.3 is 0 Å². The minimum Gasteiger partial charge on any atom is -0.376 e. The summed E-state index contributed by atoms with van der Waals surface area (Å²) in [5.41, 5.74) is 7.18. The Morgan fingerprint density at radius 3 is 3.10 bits per heavy atom. The fourth-order valence-corrected chi connectivity index (χ4v) is 2.58. The molecule has 0 radical (unpaired) electrons. The van der Waals surface area contributed by atoms with Crippen LogP contribution in [0.15, 0.2) is 24.3 Å². The molecule has 0 spiro atoms. The van der Waals surface area contributed by atoms with Crippen molar-refractivity contribution in [1.29, 1.82) is 0 Å². The Bertz CT molecular complexity index is 622. The number of aromatic amines is 1. The third-order valence-corrected chi connectivity index (χ3v) is 3.73. The van der Waals surface area contributed by atoms with E-state index in [0.29, 0.717) is 12.3 Å². The second-order valence-electron chi connectivity index (χ2n) is 5.01. The molecule has 3 rings (SSSR count). The van der Waals surface area contributed by atoms with Gasteiger partial charge in [-0.25, -0.2) is 0 Å². The van der Waals surface area contributed by atoms with E-state index in [1.54, 1.807) is 0 Å². The maximum absolute atomic E-state index is 12.3. The van der Waals surface area contributed by atoms with E-state index in [2.05, 4.69) is 15.5 Å². The van der Waals surface area contributed by atoms with Crippen LogP contribution in [0.4, 0.5) is 0 Å². The van der Waals surface area contributed by atoms with Crippen LogP contribution in [-0.4, -0.2) is 40.9 Å². The number of amides is 1. The van der Waals surface area contributed by atoms with E-state index in [4.69, 9.17) is 10.5 Å². The molecule has 3 atom stereocenters. The van der Waals surface area contributed by atoms with Crippen LogP contribution in [0.5, 0.6) is 0 Å². The molecule has 3 unspecified atom stereocenters. The Hall–Kier alpha value is -1.92. The molecule has 1 aliphatic rings.